The third-order valence-corrected chi connectivity index (χ3v) is 6.48. The van der Waals surface area contributed by atoms with Crippen molar-refractivity contribution in [2.75, 3.05) is 19.3 Å². The van der Waals surface area contributed by atoms with Gasteiger partial charge in [-0.3, -0.25) is 4.90 Å². The average molecular weight is 375 g/mol. The van der Waals surface area contributed by atoms with Crippen LogP contribution in [0.25, 0.3) is 0 Å². The normalized spacial score (nSPS) is 23.2. The van der Waals surface area contributed by atoms with E-state index in [0.29, 0.717) is 12.2 Å². The molecular weight excluding hydrogens is 353 g/mol. The number of likely N-dealkylation sites (tertiary alicyclic amines) is 1. The summed E-state index contributed by atoms with van der Waals surface area (Å²) < 4.78 is 43.8. The zero-order chi connectivity index (χ0) is 18.3. The fourth-order valence-electron chi connectivity index (χ4n) is 4.03. The maximum absolute atomic E-state index is 14.3. The largest absolute Gasteiger partial charge is 0.484 e. The van der Waals surface area contributed by atoms with Crippen LogP contribution in [0.15, 0.2) is 47.4 Å². The maximum atomic E-state index is 14.3. The van der Waals surface area contributed by atoms with E-state index in [2.05, 4.69) is 4.90 Å². The molecule has 6 heteroatoms. The van der Waals surface area contributed by atoms with Gasteiger partial charge in [-0.25, -0.2) is 12.8 Å². The zero-order valence-corrected chi connectivity index (χ0v) is 15.5. The molecule has 2 atom stereocenters. The van der Waals surface area contributed by atoms with Crippen molar-refractivity contribution in [3.63, 3.8) is 0 Å². The second-order valence-corrected chi connectivity index (χ2v) is 9.12. The quantitative estimate of drug-likeness (QED) is 0.822. The lowest BCUT2D eigenvalue weighted by Gasteiger charge is -2.30. The highest BCUT2D eigenvalue weighted by atomic mass is 32.2. The Morgan fingerprint density at radius 3 is 2.42 bits per heavy atom. The summed E-state index contributed by atoms with van der Waals surface area (Å²) in [5, 5.41) is 0. The molecule has 4 nitrogen and oxygen atoms in total. The monoisotopic (exact) mass is 375 g/mol. The first-order valence-corrected chi connectivity index (χ1v) is 10.8. The molecule has 26 heavy (non-hydrogen) atoms. The standard InChI is InChI=1S/C20H22FNO3S/c1-26(23,24)15-9-7-14(8-10-15)25-20-16-5-4-6-18(21)17(16)13-19(20)22-11-2-3-12-22/h4-10,19-20H,2-3,11-13H2,1H3/t19-,20-/m0/s1. The summed E-state index contributed by atoms with van der Waals surface area (Å²) in [6.07, 6.45) is 3.90. The number of hydrogen-bond acceptors (Lipinski definition) is 4. The molecule has 0 radical (unpaired) electrons. The topological polar surface area (TPSA) is 46.6 Å². The highest BCUT2D eigenvalue weighted by Gasteiger charge is 2.40. The van der Waals surface area contributed by atoms with E-state index in [1.165, 1.54) is 12.3 Å². The van der Waals surface area contributed by atoms with E-state index < -0.39 is 9.84 Å². The van der Waals surface area contributed by atoms with Crippen LogP contribution in [-0.4, -0.2) is 38.7 Å². The molecule has 0 aromatic heterocycles. The molecule has 1 aliphatic carbocycles. The zero-order valence-electron chi connectivity index (χ0n) is 14.7. The van der Waals surface area contributed by atoms with Crippen molar-refractivity contribution in [2.45, 2.75) is 36.3 Å². The molecular formula is C20H22FNO3S. The lowest BCUT2D eigenvalue weighted by atomic mass is 10.1. The van der Waals surface area contributed by atoms with E-state index >= 15 is 0 Å². The summed E-state index contributed by atoms with van der Waals surface area (Å²) in [5.74, 6) is 0.425. The summed E-state index contributed by atoms with van der Waals surface area (Å²) >= 11 is 0. The molecule has 0 saturated carbocycles. The Labute approximate surface area is 153 Å². The Bertz CT molecular complexity index is 905. The van der Waals surface area contributed by atoms with Crippen molar-refractivity contribution >= 4 is 9.84 Å². The van der Waals surface area contributed by atoms with Gasteiger partial charge in [0.05, 0.1) is 10.9 Å². The minimum absolute atomic E-state index is 0.110. The second-order valence-electron chi connectivity index (χ2n) is 7.10. The number of benzene rings is 2. The van der Waals surface area contributed by atoms with Crippen LogP contribution in [0, 0.1) is 5.82 Å². The Kier molecular flexibility index (Phi) is 4.49. The molecule has 1 heterocycles. The molecule has 0 amide bonds. The van der Waals surface area contributed by atoms with Crippen molar-refractivity contribution in [1.82, 2.24) is 4.90 Å². The van der Waals surface area contributed by atoms with Crippen molar-refractivity contribution in [1.29, 1.82) is 0 Å². The van der Waals surface area contributed by atoms with Crippen LogP contribution in [0.4, 0.5) is 4.39 Å². The summed E-state index contributed by atoms with van der Waals surface area (Å²) in [6, 6.07) is 11.7. The van der Waals surface area contributed by atoms with E-state index in [1.807, 2.05) is 6.07 Å². The Morgan fingerprint density at radius 1 is 1.08 bits per heavy atom. The first kappa shape index (κ1) is 17.5. The van der Waals surface area contributed by atoms with Gasteiger partial charge in [0.2, 0.25) is 0 Å². The second kappa shape index (κ2) is 6.67. The SMILES string of the molecule is CS(=O)(=O)c1ccc(O[C@H]2c3cccc(F)c3C[C@@H]2N2CCCC2)cc1. The number of halogens is 1. The number of rotatable bonds is 4. The van der Waals surface area contributed by atoms with Gasteiger partial charge in [0, 0.05) is 11.8 Å². The van der Waals surface area contributed by atoms with Gasteiger partial charge in [-0.15, -0.1) is 0 Å². The maximum Gasteiger partial charge on any atom is 0.175 e. The predicted molar refractivity (Wildman–Crippen MR) is 97.6 cm³/mol. The smallest absolute Gasteiger partial charge is 0.175 e. The molecule has 2 aromatic carbocycles. The summed E-state index contributed by atoms with van der Waals surface area (Å²) in [4.78, 5) is 2.65. The van der Waals surface area contributed by atoms with Crippen LogP contribution in [0.3, 0.4) is 0 Å². The fourth-order valence-corrected chi connectivity index (χ4v) is 4.66. The van der Waals surface area contributed by atoms with Gasteiger partial charge < -0.3 is 4.74 Å². The van der Waals surface area contributed by atoms with Gasteiger partial charge >= 0.3 is 0 Å². The number of ether oxygens (including phenoxy) is 1. The molecule has 2 aromatic rings. The Hall–Kier alpha value is -1.92. The number of fused-ring (bicyclic) bond motifs is 1. The van der Waals surface area contributed by atoms with Gasteiger partial charge in [0.1, 0.15) is 17.7 Å². The number of nitrogens with zero attached hydrogens (tertiary/aromatic N) is 1. The first-order valence-electron chi connectivity index (χ1n) is 8.91. The van der Waals surface area contributed by atoms with Crippen LogP contribution >= 0.6 is 0 Å². The van der Waals surface area contributed by atoms with Crippen LogP contribution < -0.4 is 4.74 Å². The van der Waals surface area contributed by atoms with Gasteiger partial charge in [-0.05, 0) is 68.2 Å². The van der Waals surface area contributed by atoms with E-state index in [9.17, 15) is 12.8 Å². The molecule has 0 N–H and O–H groups in total. The molecule has 2 aliphatic rings. The van der Waals surface area contributed by atoms with E-state index in [1.54, 1.807) is 30.3 Å². The molecule has 0 unspecified atom stereocenters. The van der Waals surface area contributed by atoms with Crippen molar-refractivity contribution < 1.29 is 17.5 Å². The Balaban J connectivity index is 1.64. The van der Waals surface area contributed by atoms with E-state index in [0.717, 1.165) is 37.1 Å². The number of sulfone groups is 1. The summed E-state index contributed by atoms with van der Waals surface area (Å²) in [6.45, 7) is 2.01. The van der Waals surface area contributed by atoms with Crippen LogP contribution in [0.2, 0.25) is 0 Å². The van der Waals surface area contributed by atoms with E-state index in [-0.39, 0.29) is 22.9 Å². The lowest BCUT2D eigenvalue weighted by molar-refractivity contribution is 0.0940. The molecule has 0 bridgehead atoms. The predicted octanol–water partition coefficient (Wildman–Crippen LogP) is 3.37. The van der Waals surface area contributed by atoms with Gasteiger partial charge in [-0.1, -0.05) is 12.1 Å². The van der Waals surface area contributed by atoms with Crippen LogP contribution in [0.5, 0.6) is 5.75 Å². The van der Waals surface area contributed by atoms with E-state index in [4.69, 9.17) is 4.74 Å². The van der Waals surface area contributed by atoms with Crippen molar-refractivity contribution in [2.24, 2.45) is 0 Å². The van der Waals surface area contributed by atoms with Gasteiger partial charge in [0.15, 0.2) is 9.84 Å². The molecule has 138 valence electrons. The first-order chi connectivity index (χ1) is 12.4. The van der Waals surface area contributed by atoms with Crippen LogP contribution in [-0.2, 0) is 16.3 Å². The number of hydrogen-bond donors (Lipinski definition) is 0. The summed E-state index contributed by atoms with van der Waals surface area (Å²) in [5.41, 5.74) is 1.64. The minimum atomic E-state index is -3.24. The third kappa shape index (κ3) is 3.23. The molecule has 4 rings (SSSR count). The lowest BCUT2D eigenvalue weighted by Crippen LogP contribution is -2.38. The minimum Gasteiger partial charge on any atom is -0.484 e. The molecule has 1 aliphatic heterocycles. The third-order valence-electron chi connectivity index (χ3n) is 5.35. The summed E-state index contributed by atoms with van der Waals surface area (Å²) in [7, 11) is -3.24. The highest BCUT2D eigenvalue weighted by Crippen LogP contribution is 2.40. The molecule has 1 fully saturated rings. The molecule has 0 spiro atoms. The molecule has 1 saturated heterocycles. The van der Waals surface area contributed by atoms with Crippen molar-refractivity contribution in [3.05, 3.63) is 59.4 Å². The van der Waals surface area contributed by atoms with Crippen molar-refractivity contribution in [3.8, 4) is 5.75 Å². The highest BCUT2D eigenvalue weighted by molar-refractivity contribution is 7.90. The fraction of sp³-hybridized carbons (Fsp3) is 0.400. The average Bonchev–Trinajstić information content (AvgIpc) is 3.24. The van der Waals surface area contributed by atoms with Crippen LogP contribution in [0.1, 0.15) is 30.1 Å². The Morgan fingerprint density at radius 2 is 1.77 bits per heavy atom. The van der Waals surface area contributed by atoms with Gasteiger partial charge in [-0.2, -0.15) is 0 Å². The van der Waals surface area contributed by atoms with Gasteiger partial charge in [0.25, 0.3) is 0 Å².